The van der Waals surface area contributed by atoms with Crippen molar-refractivity contribution in [1.29, 1.82) is 0 Å². The summed E-state index contributed by atoms with van der Waals surface area (Å²) in [6, 6.07) is 1.72. The molecule has 1 unspecified atom stereocenters. The maximum atomic E-state index is 12.4. The highest BCUT2D eigenvalue weighted by Crippen LogP contribution is 2.26. The van der Waals surface area contributed by atoms with Crippen molar-refractivity contribution in [1.82, 2.24) is 10.0 Å². The molecule has 4 nitrogen and oxygen atoms in total. The number of nitrogens with one attached hydrogen (secondary N) is 2. The van der Waals surface area contributed by atoms with Crippen LogP contribution < -0.4 is 10.0 Å². The summed E-state index contributed by atoms with van der Waals surface area (Å²) in [6.07, 6.45) is 1.07. The molecular weight excluding hydrogens is 292 g/mol. The van der Waals surface area contributed by atoms with Gasteiger partial charge in [0.05, 0.1) is 4.90 Å². The molecule has 1 aromatic rings. The van der Waals surface area contributed by atoms with Crippen LogP contribution in [-0.4, -0.2) is 21.0 Å². The molecule has 0 amide bonds. The van der Waals surface area contributed by atoms with E-state index in [2.05, 4.69) is 17.0 Å². The summed E-state index contributed by atoms with van der Waals surface area (Å²) in [5.41, 5.74) is 0. The molecule has 116 valence electrons. The number of thiophene rings is 1. The number of hydrogen-bond donors (Lipinski definition) is 2. The van der Waals surface area contributed by atoms with Crippen LogP contribution in [0.5, 0.6) is 0 Å². The first kappa shape index (κ1) is 17.6. The summed E-state index contributed by atoms with van der Waals surface area (Å²) in [7, 11) is -3.41. The van der Waals surface area contributed by atoms with Crippen LogP contribution in [0.1, 0.15) is 43.9 Å². The highest BCUT2D eigenvalue weighted by Gasteiger charge is 2.23. The molecule has 0 saturated carbocycles. The van der Waals surface area contributed by atoms with Gasteiger partial charge in [0.25, 0.3) is 0 Å². The quantitative estimate of drug-likeness (QED) is 0.725. The van der Waals surface area contributed by atoms with Crippen LogP contribution >= 0.6 is 11.3 Å². The summed E-state index contributed by atoms with van der Waals surface area (Å²) in [5, 5.41) is 3.30. The third-order valence-electron chi connectivity index (χ3n) is 3.28. The Kier molecular flexibility index (Phi) is 6.64. The smallest absolute Gasteiger partial charge is 0.241 e. The molecule has 1 aromatic heterocycles. The molecule has 0 aliphatic carbocycles. The molecule has 1 atom stereocenters. The largest absolute Gasteiger partial charge is 0.312 e. The van der Waals surface area contributed by atoms with Crippen LogP contribution in [0, 0.1) is 12.8 Å². The monoisotopic (exact) mass is 318 g/mol. The molecule has 0 aromatic carbocycles. The lowest BCUT2D eigenvalue weighted by Gasteiger charge is -2.17. The van der Waals surface area contributed by atoms with Gasteiger partial charge in [0.15, 0.2) is 0 Å². The molecule has 6 heteroatoms. The Morgan fingerprint density at radius 1 is 1.30 bits per heavy atom. The Morgan fingerprint density at radius 3 is 2.50 bits per heavy atom. The third-order valence-corrected chi connectivity index (χ3v) is 6.14. The topological polar surface area (TPSA) is 58.2 Å². The fourth-order valence-corrected chi connectivity index (χ4v) is 4.71. The van der Waals surface area contributed by atoms with Gasteiger partial charge in [0.1, 0.15) is 0 Å². The van der Waals surface area contributed by atoms with Crippen molar-refractivity contribution in [2.45, 2.75) is 58.5 Å². The molecule has 0 spiro atoms. The molecule has 20 heavy (non-hydrogen) atoms. The van der Waals surface area contributed by atoms with E-state index < -0.39 is 10.0 Å². The van der Waals surface area contributed by atoms with E-state index in [0.717, 1.165) is 29.3 Å². The Labute approximate surface area is 127 Å². The number of aryl methyl sites for hydroxylation is 1. The average Bonchev–Trinajstić information content (AvgIpc) is 2.71. The molecule has 0 aliphatic heterocycles. The van der Waals surface area contributed by atoms with Crippen molar-refractivity contribution in [3.8, 4) is 0 Å². The fourth-order valence-electron chi connectivity index (χ4n) is 1.71. The maximum absolute atomic E-state index is 12.4. The number of rotatable bonds is 8. The zero-order chi connectivity index (χ0) is 15.3. The molecule has 0 bridgehead atoms. The van der Waals surface area contributed by atoms with Crippen molar-refractivity contribution >= 4 is 21.4 Å². The normalized spacial score (nSPS) is 13.9. The van der Waals surface area contributed by atoms with Crippen LogP contribution in [0.4, 0.5) is 0 Å². The van der Waals surface area contributed by atoms with E-state index in [1.54, 1.807) is 17.4 Å². The first-order valence-corrected chi connectivity index (χ1v) is 9.40. The Bertz CT molecular complexity index is 521. The highest BCUT2D eigenvalue weighted by molar-refractivity contribution is 7.89. The van der Waals surface area contributed by atoms with Crippen molar-refractivity contribution in [3.63, 3.8) is 0 Å². The molecule has 1 heterocycles. The zero-order valence-corrected chi connectivity index (χ0v) is 14.6. The Morgan fingerprint density at radius 2 is 1.95 bits per heavy atom. The summed E-state index contributed by atoms with van der Waals surface area (Å²) in [6.45, 7) is 11.6. The highest BCUT2D eigenvalue weighted by atomic mass is 32.2. The van der Waals surface area contributed by atoms with Gasteiger partial charge in [0, 0.05) is 22.3 Å². The SMILES string of the molecule is CCCNCc1cc(S(=O)(=O)NC(C)C(C)C)c(C)s1. The van der Waals surface area contributed by atoms with Crippen LogP contribution in [0.15, 0.2) is 11.0 Å². The average molecular weight is 319 g/mol. The van der Waals surface area contributed by atoms with E-state index in [1.807, 2.05) is 27.7 Å². The zero-order valence-electron chi connectivity index (χ0n) is 13.0. The first-order chi connectivity index (χ1) is 9.27. The molecule has 0 saturated heterocycles. The predicted molar refractivity (Wildman–Crippen MR) is 85.7 cm³/mol. The summed E-state index contributed by atoms with van der Waals surface area (Å²) >= 11 is 1.55. The summed E-state index contributed by atoms with van der Waals surface area (Å²) < 4.78 is 27.5. The molecule has 0 fully saturated rings. The molecule has 0 aliphatic rings. The molecule has 1 rings (SSSR count). The molecular formula is C14H26N2O2S2. The van der Waals surface area contributed by atoms with E-state index in [-0.39, 0.29) is 12.0 Å². The maximum Gasteiger partial charge on any atom is 0.241 e. The van der Waals surface area contributed by atoms with Crippen molar-refractivity contribution in [2.24, 2.45) is 5.92 Å². The van der Waals surface area contributed by atoms with Crippen LogP contribution in [0.25, 0.3) is 0 Å². The standard InChI is InChI=1S/C14H26N2O2S2/c1-6-7-15-9-13-8-14(12(5)19-13)20(17,18)16-11(4)10(2)3/h8,10-11,15-16H,6-7,9H2,1-5H3. The van der Waals surface area contributed by atoms with Crippen LogP contribution in [0.3, 0.4) is 0 Å². The minimum atomic E-state index is -3.41. The second kappa shape index (κ2) is 7.54. The van der Waals surface area contributed by atoms with Crippen LogP contribution in [-0.2, 0) is 16.6 Å². The fraction of sp³-hybridized carbons (Fsp3) is 0.714. The second-order valence-electron chi connectivity index (χ2n) is 5.46. The first-order valence-electron chi connectivity index (χ1n) is 7.10. The lowest BCUT2D eigenvalue weighted by molar-refractivity contribution is 0.476. The van der Waals surface area contributed by atoms with E-state index in [4.69, 9.17) is 0 Å². The minimum absolute atomic E-state index is 0.0685. The van der Waals surface area contributed by atoms with E-state index in [9.17, 15) is 8.42 Å². The van der Waals surface area contributed by atoms with Crippen molar-refractivity contribution < 1.29 is 8.42 Å². The van der Waals surface area contributed by atoms with Gasteiger partial charge in [-0.15, -0.1) is 11.3 Å². The summed E-state index contributed by atoms with van der Waals surface area (Å²) in [4.78, 5) is 2.33. The van der Waals surface area contributed by atoms with Gasteiger partial charge in [-0.05, 0) is 38.8 Å². The van der Waals surface area contributed by atoms with Gasteiger partial charge in [-0.25, -0.2) is 13.1 Å². The second-order valence-corrected chi connectivity index (χ2v) is 8.49. The minimum Gasteiger partial charge on any atom is -0.312 e. The summed E-state index contributed by atoms with van der Waals surface area (Å²) in [5.74, 6) is 0.273. The lowest BCUT2D eigenvalue weighted by Crippen LogP contribution is -2.36. The van der Waals surface area contributed by atoms with Gasteiger partial charge >= 0.3 is 0 Å². The van der Waals surface area contributed by atoms with E-state index in [1.165, 1.54) is 0 Å². The van der Waals surface area contributed by atoms with Gasteiger partial charge in [-0.2, -0.15) is 0 Å². The van der Waals surface area contributed by atoms with Gasteiger partial charge < -0.3 is 5.32 Å². The Balaban J connectivity index is 2.84. The van der Waals surface area contributed by atoms with Gasteiger partial charge in [-0.1, -0.05) is 20.8 Å². The van der Waals surface area contributed by atoms with Gasteiger partial charge in [0.2, 0.25) is 10.0 Å². The lowest BCUT2D eigenvalue weighted by atomic mass is 10.1. The Hall–Kier alpha value is -0.430. The van der Waals surface area contributed by atoms with Crippen molar-refractivity contribution in [3.05, 3.63) is 15.8 Å². The predicted octanol–water partition coefficient (Wildman–Crippen LogP) is 2.88. The molecule has 2 N–H and O–H groups in total. The van der Waals surface area contributed by atoms with Crippen LogP contribution in [0.2, 0.25) is 0 Å². The van der Waals surface area contributed by atoms with E-state index >= 15 is 0 Å². The van der Waals surface area contributed by atoms with Crippen molar-refractivity contribution in [2.75, 3.05) is 6.54 Å². The third kappa shape index (κ3) is 4.84. The van der Waals surface area contributed by atoms with E-state index in [0.29, 0.717) is 4.90 Å². The van der Waals surface area contributed by atoms with Gasteiger partial charge in [-0.3, -0.25) is 0 Å². The number of hydrogen-bond acceptors (Lipinski definition) is 4. The number of sulfonamides is 1. The molecule has 0 radical (unpaired) electrons.